The molecule has 0 radical (unpaired) electrons. The third-order valence-corrected chi connectivity index (χ3v) is 3.68. The first-order valence-electron chi connectivity index (χ1n) is 6.82. The van der Waals surface area contributed by atoms with Crippen LogP contribution < -0.4 is 5.56 Å². The van der Waals surface area contributed by atoms with Crippen molar-refractivity contribution in [1.82, 2.24) is 29.4 Å². The van der Waals surface area contributed by atoms with Crippen molar-refractivity contribution in [3.8, 4) is 5.69 Å². The number of nitrogens with zero attached hydrogens (tertiary/aromatic N) is 6. The normalized spacial score (nSPS) is 12.2. The molecular formula is C14H6ClF3N6O. The van der Waals surface area contributed by atoms with Gasteiger partial charge in [0.15, 0.2) is 5.52 Å². The van der Waals surface area contributed by atoms with Crippen molar-refractivity contribution in [2.24, 2.45) is 0 Å². The van der Waals surface area contributed by atoms with E-state index in [1.165, 1.54) is 16.8 Å². The Bertz CT molecular complexity index is 1180. The molecule has 4 rings (SSSR count). The molecule has 0 aliphatic heterocycles. The Kier molecular flexibility index (Phi) is 3.25. The van der Waals surface area contributed by atoms with E-state index in [2.05, 4.69) is 20.3 Å². The van der Waals surface area contributed by atoms with E-state index in [1.54, 1.807) is 24.3 Å². The van der Waals surface area contributed by atoms with Crippen molar-refractivity contribution < 1.29 is 13.2 Å². The van der Waals surface area contributed by atoms with E-state index in [-0.39, 0.29) is 16.8 Å². The molecule has 4 aromatic rings. The summed E-state index contributed by atoms with van der Waals surface area (Å²) in [6, 6.07) is 7.94. The predicted octanol–water partition coefficient (Wildman–Crippen LogP) is 2.50. The molecule has 25 heavy (non-hydrogen) atoms. The molecular weight excluding hydrogens is 361 g/mol. The fraction of sp³-hybridized carbons (Fsp3) is 0.0714. The number of halogens is 4. The Hall–Kier alpha value is -3.01. The largest absolute Gasteiger partial charge is 0.453 e. The van der Waals surface area contributed by atoms with Crippen LogP contribution >= 0.6 is 11.6 Å². The number of alkyl halides is 3. The second-order valence-corrected chi connectivity index (χ2v) is 5.49. The van der Waals surface area contributed by atoms with Gasteiger partial charge in [-0.05, 0) is 24.3 Å². The Morgan fingerprint density at radius 3 is 2.64 bits per heavy atom. The maximum absolute atomic E-state index is 12.8. The maximum atomic E-state index is 12.8. The first-order chi connectivity index (χ1) is 11.8. The smallest absolute Gasteiger partial charge is 0.282 e. The van der Waals surface area contributed by atoms with E-state index in [0.717, 1.165) is 4.52 Å². The van der Waals surface area contributed by atoms with Crippen LogP contribution in [0.2, 0.25) is 5.02 Å². The number of fused-ring (bicyclic) bond motifs is 3. The average molecular weight is 367 g/mol. The van der Waals surface area contributed by atoms with Gasteiger partial charge in [-0.2, -0.15) is 22.7 Å². The summed E-state index contributed by atoms with van der Waals surface area (Å²) < 4.78 is 40.4. The summed E-state index contributed by atoms with van der Waals surface area (Å²) in [6.07, 6.45) is -3.33. The van der Waals surface area contributed by atoms with Gasteiger partial charge in [0.05, 0.1) is 5.69 Å². The molecule has 0 bridgehead atoms. The minimum atomic E-state index is -4.73. The highest BCUT2D eigenvalue weighted by Crippen LogP contribution is 2.26. The zero-order chi connectivity index (χ0) is 17.8. The minimum Gasteiger partial charge on any atom is -0.282 e. The van der Waals surface area contributed by atoms with Crippen LogP contribution in [-0.2, 0) is 6.18 Å². The number of hydrogen-bond donors (Lipinski definition) is 0. The molecule has 0 amide bonds. The van der Waals surface area contributed by atoms with Crippen molar-refractivity contribution in [3.05, 3.63) is 57.7 Å². The van der Waals surface area contributed by atoms with E-state index in [1.807, 2.05) is 0 Å². The van der Waals surface area contributed by atoms with Gasteiger partial charge in [-0.3, -0.25) is 9.36 Å². The van der Waals surface area contributed by atoms with E-state index < -0.39 is 17.6 Å². The second-order valence-electron chi connectivity index (χ2n) is 5.05. The lowest BCUT2D eigenvalue weighted by molar-refractivity contribution is -0.144. The fourth-order valence-corrected chi connectivity index (χ4v) is 2.54. The van der Waals surface area contributed by atoms with Gasteiger partial charge in [0.25, 0.3) is 17.2 Å². The van der Waals surface area contributed by atoms with Gasteiger partial charge in [0.2, 0.25) is 0 Å². The van der Waals surface area contributed by atoms with Crippen molar-refractivity contribution >= 4 is 28.4 Å². The Morgan fingerprint density at radius 1 is 1.12 bits per heavy atom. The van der Waals surface area contributed by atoms with Gasteiger partial charge in [-0.15, -0.1) is 15.3 Å². The van der Waals surface area contributed by atoms with Gasteiger partial charge >= 0.3 is 6.18 Å². The monoisotopic (exact) mass is 366 g/mol. The van der Waals surface area contributed by atoms with Gasteiger partial charge in [0, 0.05) is 11.2 Å². The molecule has 0 spiro atoms. The summed E-state index contributed by atoms with van der Waals surface area (Å²) >= 11 is 5.92. The topological polar surface area (TPSA) is 78.0 Å². The van der Waals surface area contributed by atoms with Crippen LogP contribution in [0.25, 0.3) is 22.5 Å². The Labute approximate surface area is 141 Å². The lowest BCUT2D eigenvalue weighted by Crippen LogP contribution is -2.20. The van der Waals surface area contributed by atoms with E-state index >= 15 is 0 Å². The maximum Gasteiger partial charge on any atom is 0.453 e. The summed E-state index contributed by atoms with van der Waals surface area (Å²) in [5, 5.41) is 11.1. The first-order valence-corrected chi connectivity index (χ1v) is 7.20. The minimum absolute atomic E-state index is 0.0660. The molecule has 0 saturated carbocycles. The lowest BCUT2D eigenvalue weighted by atomic mass is 10.3. The van der Waals surface area contributed by atoms with Gasteiger partial charge in [-0.1, -0.05) is 17.7 Å². The quantitative estimate of drug-likeness (QED) is 0.517. The van der Waals surface area contributed by atoms with Gasteiger partial charge in [0.1, 0.15) is 5.52 Å². The van der Waals surface area contributed by atoms with E-state index in [4.69, 9.17) is 11.6 Å². The molecule has 0 fully saturated rings. The molecule has 11 heteroatoms. The molecule has 0 saturated heterocycles. The summed E-state index contributed by atoms with van der Waals surface area (Å²) in [5.74, 6) is -1.70. The van der Waals surface area contributed by atoms with Crippen LogP contribution in [0.1, 0.15) is 5.82 Å². The van der Waals surface area contributed by atoms with Crippen LogP contribution in [-0.4, -0.2) is 29.4 Å². The van der Waals surface area contributed by atoms with Crippen LogP contribution in [0, 0.1) is 0 Å². The van der Waals surface area contributed by atoms with Crippen LogP contribution in [0.3, 0.4) is 0 Å². The number of aromatic nitrogens is 6. The number of rotatable bonds is 1. The molecule has 0 N–H and O–H groups in total. The van der Waals surface area contributed by atoms with Crippen molar-refractivity contribution in [3.63, 3.8) is 0 Å². The lowest BCUT2D eigenvalue weighted by Gasteiger charge is -2.07. The number of pyridine rings is 1. The molecule has 3 heterocycles. The van der Waals surface area contributed by atoms with Crippen molar-refractivity contribution in [2.45, 2.75) is 6.18 Å². The van der Waals surface area contributed by atoms with Crippen LogP contribution in [0.4, 0.5) is 13.2 Å². The second kappa shape index (κ2) is 5.24. The number of hydrogen-bond acceptors (Lipinski definition) is 5. The average Bonchev–Trinajstić information content (AvgIpc) is 3.00. The van der Waals surface area contributed by atoms with Gasteiger partial charge in [-0.25, -0.2) is 0 Å². The zero-order valence-corrected chi connectivity index (χ0v) is 12.8. The third kappa shape index (κ3) is 2.50. The van der Waals surface area contributed by atoms with Crippen molar-refractivity contribution in [1.29, 1.82) is 0 Å². The number of benzene rings is 1. The Morgan fingerprint density at radius 2 is 1.92 bits per heavy atom. The third-order valence-electron chi connectivity index (χ3n) is 3.44. The van der Waals surface area contributed by atoms with Crippen LogP contribution in [0.5, 0.6) is 0 Å². The molecule has 3 aromatic heterocycles. The standard InChI is InChI=1S/C14H6ClF3N6O/c15-7-2-1-3-8(6-7)23-5-4-9-10(11(23)25)20-21-13-19-12(14(16,17)18)22-24(9)13/h1-6H. The highest BCUT2D eigenvalue weighted by atomic mass is 35.5. The molecule has 126 valence electrons. The molecule has 7 nitrogen and oxygen atoms in total. The van der Waals surface area contributed by atoms with Gasteiger partial charge < -0.3 is 0 Å². The highest BCUT2D eigenvalue weighted by Gasteiger charge is 2.36. The SMILES string of the molecule is O=c1c2nnc3nc(C(F)(F)F)nn3c2ccn1-c1cccc(Cl)c1. The van der Waals surface area contributed by atoms with E-state index in [9.17, 15) is 18.0 Å². The molecule has 0 unspecified atom stereocenters. The molecule has 1 aromatic carbocycles. The molecule has 0 atom stereocenters. The van der Waals surface area contributed by atoms with Crippen LogP contribution in [0.15, 0.2) is 41.3 Å². The summed E-state index contributed by atoms with van der Waals surface area (Å²) in [7, 11) is 0. The summed E-state index contributed by atoms with van der Waals surface area (Å²) in [6.45, 7) is 0. The molecule has 0 aliphatic rings. The predicted molar refractivity (Wildman–Crippen MR) is 81.7 cm³/mol. The Balaban J connectivity index is 1.99. The van der Waals surface area contributed by atoms with Crippen molar-refractivity contribution in [2.75, 3.05) is 0 Å². The fourth-order valence-electron chi connectivity index (χ4n) is 2.35. The first kappa shape index (κ1) is 15.5. The highest BCUT2D eigenvalue weighted by molar-refractivity contribution is 6.30. The molecule has 0 aliphatic carbocycles. The van der Waals surface area contributed by atoms with E-state index in [0.29, 0.717) is 10.7 Å². The zero-order valence-electron chi connectivity index (χ0n) is 12.1. The summed E-state index contributed by atoms with van der Waals surface area (Å²) in [5.41, 5.74) is -0.168. The summed E-state index contributed by atoms with van der Waals surface area (Å²) in [4.78, 5) is 15.9.